The molecule has 8 nitrogen and oxygen atoms in total. The molecule has 3 rings (SSSR count). The van der Waals surface area contributed by atoms with E-state index in [-0.39, 0.29) is 11.3 Å². The van der Waals surface area contributed by atoms with Gasteiger partial charge in [-0.3, -0.25) is 14.9 Å². The Morgan fingerprint density at radius 1 is 1.25 bits per heavy atom. The Bertz CT molecular complexity index is 1110. The molecule has 0 aliphatic rings. The summed E-state index contributed by atoms with van der Waals surface area (Å²) in [6.45, 7) is 0. The number of primary amides is 1. The predicted octanol–water partition coefficient (Wildman–Crippen LogP) is 3.79. The van der Waals surface area contributed by atoms with Crippen LogP contribution in [0, 0.1) is 21.4 Å². The van der Waals surface area contributed by atoms with Crippen LogP contribution >= 0.6 is 11.3 Å². The van der Waals surface area contributed by atoms with Crippen molar-refractivity contribution in [2.45, 2.75) is 0 Å². The summed E-state index contributed by atoms with van der Waals surface area (Å²) in [5.74, 6) is -0.579. The first-order chi connectivity index (χ1) is 13.5. The molecule has 9 heteroatoms. The SMILES string of the molecule is N#C/C(=C\Nc1ccccc1C(N)=O)c1nc(-c2ccc([N+](=O)[O-])cc2)cs1. The van der Waals surface area contributed by atoms with Crippen LogP contribution in [0.4, 0.5) is 11.4 Å². The number of nitro groups is 1. The zero-order valence-electron chi connectivity index (χ0n) is 14.3. The summed E-state index contributed by atoms with van der Waals surface area (Å²) in [7, 11) is 0. The summed E-state index contributed by atoms with van der Waals surface area (Å²) >= 11 is 1.27. The smallest absolute Gasteiger partial charge is 0.269 e. The van der Waals surface area contributed by atoms with Crippen molar-refractivity contribution in [3.05, 3.63) is 80.8 Å². The number of allylic oxidation sites excluding steroid dienone is 1. The van der Waals surface area contributed by atoms with Crippen molar-refractivity contribution in [2.24, 2.45) is 5.73 Å². The lowest BCUT2D eigenvalue weighted by molar-refractivity contribution is -0.384. The van der Waals surface area contributed by atoms with E-state index in [9.17, 15) is 20.2 Å². The molecule has 0 bridgehead atoms. The molecule has 1 amide bonds. The van der Waals surface area contributed by atoms with Crippen molar-refractivity contribution in [1.29, 1.82) is 5.26 Å². The summed E-state index contributed by atoms with van der Waals surface area (Å²) in [6, 6.07) is 14.8. The summed E-state index contributed by atoms with van der Waals surface area (Å²) in [6.07, 6.45) is 1.46. The van der Waals surface area contributed by atoms with Gasteiger partial charge >= 0.3 is 0 Å². The second-order valence-corrected chi connectivity index (χ2v) is 6.42. The maximum Gasteiger partial charge on any atom is 0.269 e. The van der Waals surface area contributed by atoms with E-state index in [1.807, 2.05) is 0 Å². The van der Waals surface area contributed by atoms with E-state index in [4.69, 9.17) is 5.73 Å². The quantitative estimate of drug-likeness (QED) is 0.373. The lowest BCUT2D eigenvalue weighted by atomic mass is 10.1. The number of nitrogens with one attached hydrogen (secondary N) is 1. The molecule has 0 aliphatic carbocycles. The predicted molar refractivity (Wildman–Crippen MR) is 106 cm³/mol. The summed E-state index contributed by atoms with van der Waals surface area (Å²) in [5.41, 5.74) is 7.71. The van der Waals surface area contributed by atoms with Crippen LogP contribution in [0.15, 0.2) is 60.1 Å². The number of para-hydroxylation sites is 1. The first-order valence-electron chi connectivity index (χ1n) is 7.96. The number of hydrogen-bond donors (Lipinski definition) is 2. The molecule has 0 spiro atoms. The van der Waals surface area contributed by atoms with Crippen LogP contribution in [0.5, 0.6) is 0 Å². The third kappa shape index (κ3) is 4.03. The number of aromatic nitrogens is 1. The third-order valence-electron chi connectivity index (χ3n) is 3.79. The van der Waals surface area contributed by atoms with E-state index in [0.717, 1.165) is 0 Å². The Morgan fingerprint density at radius 2 is 1.96 bits per heavy atom. The minimum atomic E-state index is -0.579. The van der Waals surface area contributed by atoms with Gasteiger partial charge in [-0.15, -0.1) is 11.3 Å². The molecule has 0 aliphatic heterocycles. The van der Waals surface area contributed by atoms with Gasteiger partial charge in [0.1, 0.15) is 16.6 Å². The number of nitrogens with two attached hydrogens (primary N) is 1. The number of thiazole rings is 1. The van der Waals surface area contributed by atoms with E-state index in [1.54, 1.807) is 41.8 Å². The number of nitro benzene ring substituents is 1. The monoisotopic (exact) mass is 391 g/mol. The molecule has 1 heterocycles. The maximum absolute atomic E-state index is 11.5. The first-order valence-corrected chi connectivity index (χ1v) is 8.84. The van der Waals surface area contributed by atoms with Gasteiger partial charge in [-0.2, -0.15) is 5.26 Å². The van der Waals surface area contributed by atoms with E-state index in [1.165, 1.54) is 29.7 Å². The largest absolute Gasteiger partial charge is 0.366 e. The van der Waals surface area contributed by atoms with Gasteiger partial charge in [0.15, 0.2) is 0 Å². The Morgan fingerprint density at radius 3 is 2.61 bits per heavy atom. The fraction of sp³-hybridized carbons (Fsp3) is 0. The van der Waals surface area contributed by atoms with Crippen LogP contribution in [0.1, 0.15) is 15.4 Å². The fourth-order valence-electron chi connectivity index (χ4n) is 2.40. The van der Waals surface area contributed by atoms with Gasteiger partial charge in [0, 0.05) is 29.3 Å². The van der Waals surface area contributed by atoms with E-state index < -0.39 is 10.8 Å². The summed E-state index contributed by atoms with van der Waals surface area (Å²) < 4.78 is 0. The highest BCUT2D eigenvalue weighted by Gasteiger charge is 2.12. The molecule has 0 radical (unpaired) electrons. The summed E-state index contributed by atoms with van der Waals surface area (Å²) in [4.78, 5) is 26.2. The number of benzene rings is 2. The number of carbonyl (C=O) groups is 1. The minimum Gasteiger partial charge on any atom is -0.366 e. The second-order valence-electron chi connectivity index (χ2n) is 5.57. The van der Waals surface area contributed by atoms with Crippen LogP contribution in [-0.4, -0.2) is 15.8 Å². The highest BCUT2D eigenvalue weighted by atomic mass is 32.1. The zero-order valence-corrected chi connectivity index (χ0v) is 15.1. The highest BCUT2D eigenvalue weighted by Crippen LogP contribution is 2.27. The molecule has 3 aromatic rings. The lowest BCUT2D eigenvalue weighted by Crippen LogP contribution is -2.13. The molecule has 0 saturated carbocycles. The van der Waals surface area contributed by atoms with Crippen LogP contribution < -0.4 is 11.1 Å². The van der Waals surface area contributed by atoms with Gasteiger partial charge in [-0.05, 0) is 24.3 Å². The molecule has 0 unspecified atom stereocenters. The van der Waals surface area contributed by atoms with Crippen LogP contribution in [0.2, 0.25) is 0 Å². The molecule has 0 fully saturated rings. The molecule has 3 N–H and O–H groups in total. The van der Waals surface area contributed by atoms with Crippen molar-refractivity contribution >= 4 is 34.2 Å². The zero-order chi connectivity index (χ0) is 20.1. The Kier molecular flexibility index (Phi) is 5.43. The van der Waals surface area contributed by atoms with Gasteiger partial charge in [-0.1, -0.05) is 12.1 Å². The Labute approximate surface area is 163 Å². The molecule has 2 aromatic carbocycles. The maximum atomic E-state index is 11.5. The van der Waals surface area contributed by atoms with Gasteiger partial charge in [0.2, 0.25) is 0 Å². The minimum absolute atomic E-state index is 0.00544. The molecule has 0 atom stereocenters. The van der Waals surface area contributed by atoms with Crippen LogP contribution in [0.25, 0.3) is 16.8 Å². The third-order valence-corrected chi connectivity index (χ3v) is 4.67. The van der Waals surface area contributed by atoms with Crippen LogP contribution in [0.3, 0.4) is 0 Å². The average Bonchev–Trinajstić information content (AvgIpc) is 3.19. The lowest BCUT2D eigenvalue weighted by Gasteiger charge is -2.06. The van der Waals surface area contributed by atoms with Gasteiger partial charge in [0.05, 0.1) is 21.9 Å². The molecule has 1 aromatic heterocycles. The normalized spacial score (nSPS) is 10.9. The van der Waals surface area contributed by atoms with E-state index in [2.05, 4.69) is 16.4 Å². The van der Waals surface area contributed by atoms with Crippen molar-refractivity contribution in [3.8, 4) is 17.3 Å². The van der Waals surface area contributed by atoms with Gasteiger partial charge in [0.25, 0.3) is 11.6 Å². The Hall–Kier alpha value is -4.03. The fourth-order valence-corrected chi connectivity index (χ4v) is 3.19. The van der Waals surface area contributed by atoms with E-state index >= 15 is 0 Å². The topological polar surface area (TPSA) is 135 Å². The number of anilines is 1. The van der Waals surface area contributed by atoms with Crippen molar-refractivity contribution in [1.82, 2.24) is 4.98 Å². The molecule has 28 heavy (non-hydrogen) atoms. The molecule has 0 saturated heterocycles. The number of non-ortho nitro benzene ring substituents is 1. The second kappa shape index (κ2) is 8.11. The summed E-state index contributed by atoms with van der Waals surface area (Å²) in [5, 5.41) is 25.4. The molecule has 138 valence electrons. The first kappa shape index (κ1) is 18.8. The standard InChI is InChI=1S/C19H13N5O3S/c20-9-13(10-22-16-4-2-1-3-15(16)18(21)25)19-23-17(11-28-19)12-5-7-14(8-6-12)24(26)27/h1-8,10-11,22H,(H2,21,25)/b13-10+. The molecular weight excluding hydrogens is 378 g/mol. The van der Waals surface area contributed by atoms with Crippen LogP contribution in [-0.2, 0) is 0 Å². The Balaban J connectivity index is 1.84. The molecular formula is C19H13N5O3S. The average molecular weight is 391 g/mol. The van der Waals surface area contributed by atoms with Crippen molar-refractivity contribution < 1.29 is 9.72 Å². The van der Waals surface area contributed by atoms with E-state index in [0.29, 0.717) is 27.5 Å². The number of nitrogens with zero attached hydrogens (tertiary/aromatic N) is 3. The number of carbonyl (C=O) groups excluding carboxylic acids is 1. The number of rotatable bonds is 6. The van der Waals surface area contributed by atoms with Gasteiger partial charge < -0.3 is 11.1 Å². The number of hydrogen-bond acceptors (Lipinski definition) is 7. The van der Waals surface area contributed by atoms with Crippen molar-refractivity contribution in [3.63, 3.8) is 0 Å². The van der Waals surface area contributed by atoms with Gasteiger partial charge in [-0.25, -0.2) is 4.98 Å². The van der Waals surface area contributed by atoms with Crippen molar-refractivity contribution in [2.75, 3.05) is 5.32 Å². The highest BCUT2D eigenvalue weighted by molar-refractivity contribution is 7.11. The number of nitriles is 1. The number of amides is 1.